The maximum Gasteiger partial charge on any atom is 0.329 e. The Morgan fingerprint density at radius 3 is 2.61 bits per heavy atom. The molecule has 0 saturated heterocycles. The summed E-state index contributed by atoms with van der Waals surface area (Å²) in [4.78, 5) is 31.1. The van der Waals surface area contributed by atoms with Gasteiger partial charge in [0.2, 0.25) is 5.95 Å². The molecular weight excluding hydrogens is 400 g/mol. The van der Waals surface area contributed by atoms with Crippen molar-refractivity contribution in [2.75, 3.05) is 5.43 Å². The fraction of sp³-hybridized carbons (Fsp3) is 0.143. The van der Waals surface area contributed by atoms with Gasteiger partial charge in [-0.2, -0.15) is 10.1 Å². The number of aliphatic hydroxyl groups excluding tert-OH is 1. The minimum Gasteiger partial charge on any atom is -0.507 e. The van der Waals surface area contributed by atoms with Gasteiger partial charge < -0.3 is 10.2 Å². The van der Waals surface area contributed by atoms with Crippen LogP contribution in [0.2, 0.25) is 0 Å². The molecule has 2 heterocycles. The first-order valence-corrected chi connectivity index (χ1v) is 9.45. The first-order chi connectivity index (χ1) is 15.0. The number of hydrogen-bond acceptors (Lipinski definition) is 7. The van der Waals surface area contributed by atoms with Crippen molar-refractivity contribution in [2.24, 2.45) is 12.1 Å². The Morgan fingerprint density at radius 2 is 1.87 bits per heavy atom. The van der Waals surface area contributed by atoms with Crippen LogP contribution < -0.4 is 16.7 Å². The molecule has 0 amide bonds. The van der Waals surface area contributed by atoms with Crippen LogP contribution in [0.5, 0.6) is 5.75 Å². The van der Waals surface area contributed by atoms with E-state index in [4.69, 9.17) is 0 Å². The molecule has 10 heteroatoms. The highest BCUT2D eigenvalue weighted by molar-refractivity contribution is 5.83. The van der Waals surface area contributed by atoms with Gasteiger partial charge in [-0.05, 0) is 17.7 Å². The number of aromatic nitrogens is 4. The van der Waals surface area contributed by atoms with Gasteiger partial charge in [0, 0.05) is 12.6 Å². The Labute approximate surface area is 175 Å². The van der Waals surface area contributed by atoms with Crippen molar-refractivity contribution in [1.82, 2.24) is 19.1 Å². The number of fused-ring (bicyclic) bond motifs is 1. The number of aryl methyl sites for hydroxylation is 1. The minimum absolute atomic E-state index is 0.00373. The lowest BCUT2D eigenvalue weighted by Crippen LogP contribution is -2.29. The van der Waals surface area contributed by atoms with Crippen molar-refractivity contribution >= 4 is 23.3 Å². The Bertz CT molecular complexity index is 1370. The molecule has 158 valence electrons. The SMILES string of the molecule is Cn1c(=O)[nH]c(=O)c2c1nc(NN=Cc1ccccc1O)n2CC(O)c1ccccc1. The molecule has 10 nitrogen and oxygen atoms in total. The number of aromatic amines is 1. The van der Waals surface area contributed by atoms with Crippen molar-refractivity contribution in [2.45, 2.75) is 12.6 Å². The first kappa shape index (κ1) is 20.1. The number of para-hydroxylation sites is 1. The predicted molar refractivity (Wildman–Crippen MR) is 116 cm³/mol. The van der Waals surface area contributed by atoms with E-state index >= 15 is 0 Å². The third-order valence-corrected chi connectivity index (χ3v) is 4.85. The Kier molecular flexibility index (Phi) is 5.37. The molecule has 1 unspecified atom stereocenters. The average molecular weight is 420 g/mol. The molecule has 0 saturated carbocycles. The van der Waals surface area contributed by atoms with Crippen LogP contribution in [0.4, 0.5) is 5.95 Å². The van der Waals surface area contributed by atoms with E-state index in [1.165, 1.54) is 28.5 Å². The monoisotopic (exact) mass is 420 g/mol. The lowest BCUT2D eigenvalue weighted by atomic mass is 10.1. The second-order valence-electron chi connectivity index (χ2n) is 6.89. The predicted octanol–water partition coefficient (Wildman–Crippen LogP) is 1.31. The van der Waals surface area contributed by atoms with Crippen LogP contribution in [0, 0.1) is 0 Å². The van der Waals surface area contributed by atoms with Gasteiger partial charge >= 0.3 is 5.69 Å². The van der Waals surface area contributed by atoms with E-state index in [-0.39, 0.29) is 29.4 Å². The summed E-state index contributed by atoms with van der Waals surface area (Å²) < 4.78 is 2.67. The molecule has 4 rings (SSSR count). The topological polar surface area (TPSA) is 138 Å². The Hall–Kier alpha value is -4.18. The summed E-state index contributed by atoms with van der Waals surface area (Å²) >= 11 is 0. The van der Waals surface area contributed by atoms with Crippen molar-refractivity contribution < 1.29 is 10.2 Å². The number of rotatable bonds is 6. The van der Waals surface area contributed by atoms with E-state index in [2.05, 4.69) is 20.5 Å². The number of hydrazone groups is 1. The molecular formula is C21H20N6O4. The van der Waals surface area contributed by atoms with Crippen LogP contribution in [0.1, 0.15) is 17.2 Å². The van der Waals surface area contributed by atoms with Gasteiger partial charge in [-0.3, -0.25) is 18.9 Å². The highest BCUT2D eigenvalue weighted by Crippen LogP contribution is 2.21. The number of nitrogens with zero attached hydrogens (tertiary/aromatic N) is 4. The third kappa shape index (κ3) is 3.96. The summed E-state index contributed by atoms with van der Waals surface area (Å²) in [5.41, 5.74) is 2.93. The molecule has 0 aliphatic rings. The molecule has 0 radical (unpaired) electrons. The molecule has 0 spiro atoms. The van der Waals surface area contributed by atoms with E-state index < -0.39 is 17.4 Å². The van der Waals surface area contributed by atoms with Gasteiger partial charge in [0.25, 0.3) is 5.56 Å². The third-order valence-electron chi connectivity index (χ3n) is 4.85. The van der Waals surface area contributed by atoms with Gasteiger partial charge in [0.15, 0.2) is 11.2 Å². The van der Waals surface area contributed by atoms with Gasteiger partial charge in [-0.1, -0.05) is 42.5 Å². The van der Waals surface area contributed by atoms with Crippen LogP contribution in [0.3, 0.4) is 0 Å². The number of nitrogens with one attached hydrogen (secondary N) is 2. The number of aromatic hydroxyl groups is 1. The van der Waals surface area contributed by atoms with Crippen molar-refractivity contribution in [3.05, 3.63) is 86.6 Å². The van der Waals surface area contributed by atoms with Crippen LogP contribution in [0.25, 0.3) is 11.2 Å². The molecule has 2 aromatic heterocycles. The molecule has 31 heavy (non-hydrogen) atoms. The fourth-order valence-corrected chi connectivity index (χ4v) is 3.21. The Morgan fingerprint density at radius 1 is 1.16 bits per heavy atom. The maximum absolute atomic E-state index is 12.5. The van der Waals surface area contributed by atoms with Gasteiger partial charge in [-0.25, -0.2) is 10.2 Å². The number of hydrogen-bond donors (Lipinski definition) is 4. The highest BCUT2D eigenvalue weighted by atomic mass is 16.3. The normalized spacial score (nSPS) is 12.5. The second-order valence-corrected chi connectivity index (χ2v) is 6.89. The zero-order chi connectivity index (χ0) is 22.0. The molecule has 0 aliphatic heterocycles. The zero-order valence-corrected chi connectivity index (χ0v) is 16.6. The van der Waals surface area contributed by atoms with E-state index in [1.54, 1.807) is 42.5 Å². The van der Waals surface area contributed by atoms with Gasteiger partial charge in [0.1, 0.15) is 5.75 Å². The molecule has 2 aromatic carbocycles. The van der Waals surface area contributed by atoms with Gasteiger partial charge in [0.05, 0.1) is 18.9 Å². The number of H-pyrrole nitrogens is 1. The van der Waals surface area contributed by atoms with Crippen molar-refractivity contribution in [3.8, 4) is 5.75 Å². The Balaban J connectivity index is 1.76. The fourth-order valence-electron chi connectivity index (χ4n) is 3.21. The van der Waals surface area contributed by atoms with E-state index in [9.17, 15) is 19.8 Å². The van der Waals surface area contributed by atoms with E-state index in [0.717, 1.165) is 0 Å². The number of aliphatic hydroxyl groups is 1. The van der Waals surface area contributed by atoms with E-state index in [0.29, 0.717) is 11.1 Å². The van der Waals surface area contributed by atoms with Crippen LogP contribution in [-0.4, -0.2) is 35.5 Å². The number of phenols is 1. The lowest BCUT2D eigenvalue weighted by Gasteiger charge is -2.14. The molecule has 1 atom stereocenters. The molecule has 4 N–H and O–H groups in total. The summed E-state index contributed by atoms with van der Waals surface area (Å²) in [6, 6.07) is 15.6. The summed E-state index contributed by atoms with van der Waals surface area (Å²) in [6.07, 6.45) is 0.466. The summed E-state index contributed by atoms with van der Waals surface area (Å²) in [7, 11) is 1.49. The maximum atomic E-state index is 12.5. The number of anilines is 1. The second kappa shape index (κ2) is 8.28. The number of phenolic OH excluding ortho intramolecular Hbond substituents is 1. The molecule has 0 bridgehead atoms. The van der Waals surface area contributed by atoms with Crippen LogP contribution in [0.15, 0.2) is 69.3 Å². The lowest BCUT2D eigenvalue weighted by molar-refractivity contribution is 0.158. The smallest absolute Gasteiger partial charge is 0.329 e. The zero-order valence-electron chi connectivity index (χ0n) is 16.6. The number of imidazole rings is 1. The molecule has 0 fully saturated rings. The first-order valence-electron chi connectivity index (χ1n) is 9.45. The van der Waals surface area contributed by atoms with Crippen molar-refractivity contribution in [3.63, 3.8) is 0 Å². The van der Waals surface area contributed by atoms with E-state index in [1.807, 2.05) is 6.07 Å². The average Bonchev–Trinajstić information content (AvgIpc) is 3.13. The molecule has 0 aliphatic carbocycles. The summed E-state index contributed by atoms with van der Waals surface area (Å²) in [6.45, 7) is -0.00373. The quantitative estimate of drug-likeness (QED) is 0.274. The number of benzene rings is 2. The highest BCUT2D eigenvalue weighted by Gasteiger charge is 2.20. The molecule has 4 aromatic rings. The standard InChI is InChI=1S/C21H20N6O4/c1-26-18-17(19(30)24-21(26)31)27(12-16(29)13-7-3-2-4-8-13)20(23-18)25-22-11-14-9-5-6-10-15(14)28/h2-11,16,28-29H,12H2,1H3,(H,23,25)(H,24,30,31). The van der Waals surface area contributed by atoms with Crippen LogP contribution >= 0.6 is 0 Å². The largest absolute Gasteiger partial charge is 0.507 e. The van der Waals surface area contributed by atoms with Gasteiger partial charge in [-0.15, -0.1) is 0 Å². The summed E-state index contributed by atoms with van der Waals surface area (Å²) in [5, 5.41) is 24.7. The van der Waals surface area contributed by atoms with Crippen LogP contribution in [-0.2, 0) is 13.6 Å². The summed E-state index contributed by atoms with van der Waals surface area (Å²) in [5.74, 6) is 0.211. The minimum atomic E-state index is -0.932. The van der Waals surface area contributed by atoms with Crippen molar-refractivity contribution in [1.29, 1.82) is 0 Å².